The molecule has 0 aliphatic rings. The summed E-state index contributed by atoms with van der Waals surface area (Å²) in [5.41, 5.74) is 2.12. The van der Waals surface area contributed by atoms with E-state index in [-0.39, 0.29) is 6.61 Å². The quantitative estimate of drug-likeness (QED) is 0.838. The van der Waals surface area contributed by atoms with Gasteiger partial charge in [0.25, 0.3) is 0 Å². The van der Waals surface area contributed by atoms with Crippen LogP contribution in [0.1, 0.15) is 5.56 Å². The van der Waals surface area contributed by atoms with Crippen LogP contribution in [0.2, 0.25) is 10.0 Å². The minimum Gasteiger partial charge on any atom is -0.488 e. The van der Waals surface area contributed by atoms with Crippen LogP contribution < -0.4 is 10.1 Å². The number of aryl methyl sites for hydroxylation is 1. The molecule has 0 radical (unpaired) electrons. The van der Waals surface area contributed by atoms with E-state index in [9.17, 15) is 5.11 Å². The van der Waals surface area contributed by atoms with Gasteiger partial charge in [-0.05, 0) is 30.7 Å². The van der Waals surface area contributed by atoms with E-state index < -0.39 is 6.10 Å². The van der Waals surface area contributed by atoms with Crippen molar-refractivity contribution in [3.63, 3.8) is 0 Å². The molecule has 0 amide bonds. The molecule has 1 unspecified atom stereocenters. The van der Waals surface area contributed by atoms with Crippen LogP contribution in [-0.4, -0.2) is 24.4 Å². The van der Waals surface area contributed by atoms with E-state index in [1.54, 1.807) is 18.2 Å². The van der Waals surface area contributed by atoms with Crippen molar-refractivity contribution in [2.24, 2.45) is 0 Å². The number of aliphatic hydroxyl groups is 1. The summed E-state index contributed by atoms with van der Waals surface area (Å²) in [5, 5.41) is 14.0. The van der Waals surface area contributed by atoms with Gasteiger partial charge in [0.1, 0.15) is 12.7 Å². The number of hydrogen-bond donors (Lipinski definition) is 2. The summed E-state index contributed by atoms with van der Waals surface area (Å²) in [4.78, 5) is 0. The third kappa shape index (κ3) is 4.53. The molecule has 0 saturated heterocycles. The van der Waals surface area contributed by atoms with E-state index in [1.807, 2.05) is 31.2 Å². The van der Waals surface area contributed by atoms with Crippen LogP contribution in [0.25, 0.3) is 0 Å². The molecule has 0 aliphatic carbocycles. The smallest absolute Gasteiger partial charge is 0.156 e. The topological polar surface area (TPSA) is 41.5 Å². The molecule has 0 aromatic heterocycles. The van der Waals surface area contributed by atoms with Crippen LogP contribution >= 0.6 is 23.2 Å². The molecule has 2 rings (SSSR count). The zero-order valence-corrected chi connectivity index (χ0v) is 13.2. The maximum absolute atomic E-state index is 9.97. The summed E-state index contributed by atoms with van der Waals surface area (Å²) in [6.07, 6.45) is -0.669. The SMILES string of the molecule is Cc1ccccc1NCC(O)COc1c(Cl)cccc1Cl. The molecule has 0 bridgehead atoms. The molecule has 112 valence electrons. The number of ether oxygens (including phenoxy) is 1. The Morgan fingerprint density at radius 1 is 1.10 bits per heavy atom. The highest BCUT2D eigenvalue weighted by molar-refractivity contribution is 6.37. The first kappa shape index (κ1) is 16.0. The van der Waals surface area contributed by atoms with Gasteiger partial charge in [-0.3, -0.25) is 0 Å². The van der Waals surface area contributed by atoms with Crippen molar-refractivity contribution in [2.45, 2.75) is 13.0 Å². The fraction of sp³-hybridized carbons (Fsp3) is 0.250. The summed E-state index contributed by atoms with van der Waals surface area (Å²) < 4.78 is 5.49. The lowest BCUT2D eigenvalue weighted by atomic mass is 10.2. The average Bonchev–Trinajstić information content (AvgIpc) is 2.46. The fourth-order valence-corrected chi connectivity index (χ4v) is 2.36. The molecule has 1 atom stereocenters. The largest absolute Gasteiger partial charge is 0.488 e. The van der Waals surface area contributed by atoms with Gasteiger partial charge < -0.3 is 15.2 Å². The lowest BCUT2D eigenvalue weighted by molar-refractivity contribution is 0.117. The van der Waals surface area contributed by atoms with E-state index in [1.165, 1.54) is 0 Å². The summed E-state index contributed by atoms with van der Waals surface area (Å²) >= 11 is 12.0. The van der Waals surface area contributed by atoms with Gasteiger partial charge in [0.15, 0.2) is 5.75 Å². The Morgan fingerprint density at radius 3 is 2.43 bits per heavy atom. The first-order chi connectivity index (χ1) is 10.1. The van der Waals surface area contributed by atoms with Gasteiger partial charge in [-0.25, -0.2) is 0 Å². The normalized spacial score (nSPS) is 12.0. The van der Waals surface area contributed by atoms with Crippen LogP contribution in [0.3, 0.4) is 0 Å². The Hall–Kier alpha value is -1.42. The third-order valence-corrected chi connectivity index (χ3v) is 3.61. The minimum atomic E-state index is -0.669. The third-order valence-electron chi connectivity index (χ3n) is 3.01. The Kier molecular flexibility index (Phi) is 5.74. The Morgan fingerprint density at radius 2 is 1.76 bits per heavy atom. The highest BCUT2D eigenvalue weighted by Crippen LogP contribution is 2.32. The van der Waals surface area contributed by atoms with E-state index in [0.717, 1.165) is 11.3 Å². The second kappa shape index (κ2) is 7.55. The van der Waals surface area contributed by atoms with Crippen molar-refractivity contribution >= 4 is 28.9 Å². The van der Waals surface area contributed by atoms with Gasteiger partial charge >= 0.3 is 0 Å². The van der Waals surface area contributed by atoms with Gasteiger partial charge in [-0.2, -0.15) is 0 Å². The van der Waals surface area contributed by atoms with Crippen molar-refractivity contribution in [1.82, 2.24) is 0 Å². The first-order valence-corrected chi connectivity index (χ1v) is 7.38. The first-order valence-electron chi connectivity index (χ1n) is 6.62. The highest BCUT2D eigenvalue weighted by atomic mass is 35.5. The van der Waals surface area contributed by atoms with E-state index in [4.69, 9.17) is 27.9 Å². The predicted molar refractivity (Wildman–Crippen MR) is 87.6 cm³/mol. The average molecular weight is 326 g/mol. The molecule has 0 saturated carbocycles. The monoisotopic (exact) mass is 325 g/mol. The number of aliphatic hydroxyl groups excluding tert-OH is 1. The van der Waals surface area contributed by atoms with Crippen molar-refractivity contribution in [2.75, 3.05) is 18.5 Å². The standard InChI is InChI=1S/C16H17Cl2NO2/c1-11-5-2-3-8-15(11)19-9-12(20)10-21-16-13(17)6-4-7-14(16)18/h2-8,12,19-20H,9-10H2,1H3. The van der Waals surface area contributed by atoms with Crippen molar-refractivity contribution in [3.8, 4) is 5.75 Å². The fourth-order valence-electron chi connectivity index (χ4n) is 1.86. The molecule has 0 fully saturated rings. The Balaban J connectivity index is 1.85. The maximum Gasteiger partial charge on any atom is 0.156 e. The summed E-state index contributed by atoms with van der Waals surface area (Å²) in [7, 11) is 0. The molecule has 2 aromatic carbocycles. The number of nitrogens with one attached hydrogen (secondary N) is 1. The molecular weight excluding hydrogens is 309 g/mol. The van der Waals surface area contributed by atoms with Gasteiger partial charge in [-0.15, -0.1) is 0 Å². The lowest BCUT2D eigenvalue weighted by Gasteiger charge is -2.16. The molecule has 21 heavy (non-hydrogen) atoms. The highest BCUT2D eigenvalue weighted by Gasteiger charge is 2.10. The second-order valence-corrected chi connectivity index (χ2v) is 5.53. The van der Waals surface area contributed by atoms with Crippen LogP contribution in [-0.2, 0) is 0 Å². The van der Waals surface area contributed by atoms with Crippen molar-refractivity contribution in [1.29, 1.82) is 0 Å². The van der Waals surface area contributed by atoms with Crippen LogP contribution in [0, 0.1) is 6.92 Å². The molecule has 2 N–H and O–H groups in total. The zero-order valence-electron chi connectivity index (χ0n) is 11.6. The Bertz CT molecular complexity index is 584. The molecular formula is C16H17Cl2NO2. The van der Waals surface area contributed by atoms with Crippen LogP contribution in [0.5, 0.6) is 5.75 Å². The summed E-state index contributed by atoms with van der Waals surface area (Å²) in [6.45, 7) is 2.50. The Labute approximate surface area is 134 Å². The van der Waals surface area contributed by atoms with Crippen molar-refractivity contribution < 1.29 is 9.84 Å². The van der Waals surface area contributed by atoms with Gasteiger partial charge in [0, 0.05) is 12.2 Å². The van der Waals surface area contributed by atoms with E-state index >= 15 is 0 Å². The molecule has 0 aliphatic heterocycles. The number of hydrogen-bond acceptors (Lipinski definition) is 3. The van der Waals surface area contributed by atoms with E-state index in [0.29, 0.717) is 22.3 Å². The molecule has 0 spiro atoms. The van der Waals surface area contributed by atoms with Crippen LogP contribution in [0.15, 0.2) is 42.5 Å². The number of rotatable bonds is 6. The van der Waals surface area contributed by atoms with Gasteiger partial charge in [0.2, 0.25) is 0 Å². The molecule has 5 heteroatoms. The lowest BCUT2D eigenvalue weighted by Crippen LogP contribution is -2.26. The summed E-state index contributed by atoms with van der Waals surface area (Å²) in [5.74, 6) is 0.399. The van der Waals surface area contributed by atoms with Crippen molar-refractivity contribution in [3.05, 3.63) is 58.1 Å². The molecule has 3 nitrogen and oxygen atoms in total. The second-order valence-electron chi connectivity index (χ2n) is 4.71. The van der Waals surface area contributed by atoms with Gasteiger partial charge in [0.05, 0.1) is 10.0 Å². The molecule has 2 aromatic rings. The summed E-state index contributed by atoms with van der Waals surface area (Å²) in [6, 6.07) is 13.0. The zero-order chi connectivity index (χ0) is 15.2. The van der Waals surface area contributed by atoms with E-state index in [2.05, 4.69) is 5.32 Å². The number of benzene rings is 2. The number of halogens is 2. The number of para-hydroxylation sites is 2. The van der Waals surface area contributed by atoms with Gasteiger partial charge in [-0.1, -0.05) is 47.5 Å². The maximum atomic E-state index is 9.97. The van der Waals surface area contributed by atoms with Crippen LogP contribution in [0.4, 0.5) is 5.69 Å². The molecule has 0 heterocycles. The predicted octanol–water partition coefficient (Wildman–Crippen LogP) is 4.15. The number of anilines is 1. The minimum absolute atomic E-state index is 0.113.